The second kappa shape index (κ2) is 15.8. The molecule has 2 aliphatic rings. The van der Waals surface area contributed by atoms with E-state index in [9.17, 15) is 19.2 Å². The van der Waals surface area contributed by atoms with E-state index in [1.807, 2.05) is 37.4 Å². The monoisotopic (exact) mass is 638 g/mol. The van der Waals surface area contributed by atoms with Crippen LogP contribution in [0.3, 0.4) is 0 Å². The van der Waals surface area contributed by atoms with Crippen molar-refractivity contribution in [3.8, 4) is 17.3 Å². The third kappa shape index (κ3) is 10.1. The van der Waals surface area contributed by atoms with Gasteiger partial charge in [0.2, 0.25) is 11.8 Å². The third-order valence-corrected chi connectivity index (χ3v) is 7.61. The minimum atomic E-state index is -1.04. The Kier molecular flexibility index (Phi) is 11.9. The fourth-order valence-electron chi connectivity index (χ4n) is 5.39. The first kappa shape index (κ1) is 34.6. The van der Waals surface area contributed by atoms with Crippen molar-refractivity contribution < 1.29 is 33.4 Å². The molecule has 46 heavy (non-hydrogen) atoms. The molecule has 0 spiro atoms. The first-order valence-corrected chi connectivity index (χ1v) is 15.9. The Bertz CT molecular complexity index is 1360. The number of ether oxygens (including phenoxy) is 3. The molecular weight excluding hydrogens is 592 g/mol. The summed E-state index contributed by atoms with van der Waals surface area (Å²) in [7, 11) is 2.04. The molecule has 2 fully saturated rings. The minimum absolute atomic E-state index is 0.0198. The second-order valence-corrected chi connectivity index (χ2v) is 12.6. The smallest absolute Gasteiger partial charge is 0.409 e. The average molecular weight is 639 g/mol. The van der Waals surface area contributed by atoms with Crippen LogP contribution >= 0.6 is 0 Å². The molecule has 4 rings (SSSR count). The van der Waals surface area contributed by atoms with Crippen molar-refractivity contribution in [3.63, 3.8) is 0 Å². The van der Waals surface area contributed by atoms with Crippen LogP contribution in [0.15, 0.2) is 36.4 Å². The molecule has 1 aromatic carbocycles. The van der Waals surface area contributed by atoms with Crippen molar-refractivity contribution in [2.45, 2.75) is 71.1 Å². The van der Waals surface area contributed by atoms with Gasteiger partial charge in [0.15, 0.2) is 5.82 Å². The maximum atomic E-state index is 13.8. The zero-order valence-corrected chi connectivity index (χ0v) is 27.5. The van der Waals surface area contributed by atoms with Gasteiger partial charge in [-0.3, -0.25) is 14.4 Å². The van der Waals surface area contributed by atoms with Crippen LogP contribution in [0.25, 0.3) is 11.4 Å². The first-order valence-electron chi connectivity index (χ1n) is 15.9. The quantitative estimate of drug-likeness (QED) is 0.386. The summed E-state index contributed by atoms with van der Waals surface area (Å²) in [5.41, 5.74) is 0.0525. The summed E-state index contributed by atoms with van der Waals surface area (Å²) in [6.45, 7) is 10.1. The number of likely N-dealkylation sites (N-methyl/N-ethyl adjacent to an activating group) is 1. The van der Waals surface area contributed by atoms with Crippen LogP contribution in [-0.2, 0) is 19.1 Å². The van der Waals surface area contributed by atoms with Crippen LogP contribution in [-0.4, -0.2) is 119 Å². The van der Waals surface area contributed by atoms with Gasteiger partial charge >= 0.3 is 12.1 Å². The Morgan fingerprint density at radius 3 is 2.35 bits per heavy atom. The Balaban J connectivity index is 1.55. The molecule has 0 radical (unpaired) electrons. The molecule has 2 saturated heterocycles. The van der Waals surface area contributed by atoms with E-state index in [0.29, 0.717) is 24.5 Å². The van der Waals surface area contributed by atoms with Gasteiger partial charge in [0.1, 0.15) is 23.4 Å². The number of esters is 1. The highest BCUT2D eigenvalue weighted by Gasteiger charge is 2.32. The van der Waals surface area contributed by atoms with Crippen LogP contribution in [0.1, 0.15) is 63.9 Å². The topological polar surface area (TPSA) is 144 Å². The van der Waals surface area contributed by atoms with E-state index in [-0.39, 0.29) is 56.1 Å². The number of carbonyl (C=O) groups excluding carboxylic acids is 4. The third-order valence-electron chi connectivity index (χ3n) is 7.61. The van der Waals surface area contributed by atoms with E-state index in [4.69, 9.17) is 14.2 Å². The highest BCUT2D eigenvalue weighted by molar-refractivity contribution is 5.96. The lowest BCUT2D eigenvalue weighted by molar-refractivity contribution is -0.155. The fraction of sp³-hybridized carbons (Fsp3) is 0.576. The SMILES string of the molecule is CCOC(=O)N1CCN(C(=O)C(CCC(=O)OC(C)(C)C)NC(=O)c2cc(OC3CCCN(C)C3)nc(-c3ccccc3)n2)CC1. The molecule has 2 unspecified atom stereocenters. The molecule has 250 valence electrons. The second-order valence-electron chi connectivity index (χ2n) is 12.6. The normalized spacial score (nSPS) is 18.0. The molecule has 3 heterocycles. The number of hydrogen-bond donors (Lipinski definition) is 1. The van der Waals surface area contributed by atoms with E-state index >= 15 is 0 Å². The number of rotatable bonds is 10. The largest absolute Gasteiger partial charge is 0.473 e. The molecule has 3 amide bonds. The predicted octanol–water partition coefficient (Wildman–Crippen LogP) is 3.14. The van der Waals surface area contributed by atoms with Gasteiger partial charge in [-0.1, -0.05) is 30.3 Å². The van der Waals surface area contributed by atoms with Gasteiger partial charge < -0.3 is 34.2 Å². The molecule has 2 aliphatic heterocycles. The minimum Gasteiger partial charge on any atom is -0.473 e. The summed E-state index contributed by atoms with van der Waals surface area (Å²) >= 11 is 0. The number of likely N-dealkylation sites (tertiary alicyclic amines) is 1. The van der Waals surface area contributed by atoms with Gasteiger partial charge in [-0.2, -0.15) is 4.98 Å². The van der Waals surface area contributed by atoms with Gasteiger partial charge in [0.05, 0.1) is 6.61 Å². The maximum Gasteiger partial charge on any atom is 0.409 e. The number of piperazine rings is 1. The van der Waals surface area contributed by atoms with E-state index in [0.717, 1.165) is 25.9 Å². The van der Waals surface area contributed by atoms with E-state index in [1.54, 1.807) is 37.5 Å². The van der Waals surface area contributed by atoms with E-state index in [1.165, 1.54) is 6.07 Å². The molecule has 2 atom stereocenters. The summed E-state index contributed by atoms with van der Waals surface area (Å²) in [5, 5.41) is 2.82. The molecule has 2 aromatic rings. The Morgan fingerprint density at radius 2 is 1.70 bits per heavy atom. The highest BCUT2D eigenvalue weighted by Crippen LogP contribution is 2.22. The Labute approximate surface area is 270 Å². The zero-order chi connectivity index (χ0) is 33.3. The molecule has 1 aromatic heterocycles. The van der Waals surface area contributed by atoms with Crippen molar-refractivity contribution in [2.75, 3.05) is 52.9 Å². The van der Waals surface area contributed by atoms with Crippen molar-refractivity contribution in [1.82, 2.24) is 30.0 Å². The summed E-state index contributed by atoms with van der Waals surface area (Å²) in [6, 6.07) is 9.73. The number of piperidine rings is 1. The molecule has 1 N–H and O–H groups in total. The lowest BCUT2D eigenvalue weighted by atomic mass is 10.1. The van der Waals surface area contributed by atoms with Crippen LogP contribution in [0.5, 0.6) is 5.88 Å². The summed E-state index contributed by atoms with van der Waals surface area (Å²) < 4.78 is 16.8. The molecule has 13 nitrogen and oxygen atoms in total. The summed E-state index contributed by atoms with van der Waals surface area (Å²) in [4.78, 5) is 66.8. The van der Waals surface area contributed by atoms with E-state index in [2.05, 4.69) is 20.2 Å². The maximum absolute atomic E-state index is 13.8. The van der Waals surface area contributed by atoms with Crippen LogP contribution in [0.2, 0.25) is 0 Å². The zero-order valence-electron chi connectivity index (χ0n) is 27.5. The number of aromatic nitrogens is 2. The number of nitrogens with one attached hydrogen (secondary N) is 1. The van der Waals surface area contributed by atoms with Gasteiger partial charge in [0, 0.05) is 50.8 Å². The number of nitrogens with zero attached hydrogens (tertiary/aromatic N) is 5. The first-order chi connectivity index (χ1) is 21.9. The lowest BCUT2D eigenvalue weighted by Gasteiger charge is -2.36. The van der Waals surface area contributed by atoms with Gasteiger partial charge in [-0.15, -0.1) is 0 Å². The number of benzene rings is 1. The molecule has 0 bridgehead atoms. The molecule has 13 heteroatoms. The van der Waals surface area contributed by atoms with Gasteiger partial charge in [-0.25, -0.2) is 9.78 Å². The van der Waals surface area contributed by atoms with Crippen molar-refractivity contribution in [3.05, 3.63) is 42.1 Å². The summed E-state index contributed by atoms with van der Waals surface area (Å²) in [6.07, 6.45) is 1.26. The van der Waals surface area contributed by atoms with Gasteiger partial charge in [-0.05, 0) is 60.5 Å². The van der Waals surface area contributed by atoms with Gasteiger partial charge in [0.25, 0.3) is 5.91 Å². The predicted molar refractivity (Wildman–Crippen MR) is 170 cm³/mol. The van der Waals surface area contributed by atoms with Crippen LogP contribution < -0.4 is 10.1 Å². The van der Waals surface area contributed by atoms with Crippen molar-refractivity contribution >= 4 is 23.9 Å². The number of hydrogen-bond acceptors (Lipinski definition) is 10. The Hall–Kier alpha value is -4.26. The number of carbonyl (C=O) groups is 4. The van der Waals surface area contributed by atoms with Crippen LogP contribution in [0, 0.1) is 0 Å². The van der Waals surface area contributed by atoms with Crippen LogP contribution in [0.4, 0.5) is 4.79 Å². The summed E-state index contributed by atoms with van der Waals surface area (Å²) in [5.74, 6) is -0.851. The van der Waals surface area contributed by atoms with Crippen molar-refractivity contribution in [2.24, 2.45) is 0 Å². The number of amides is 3. The lowest BCUT2D eigenvalue weighted by Crippen LogP contribution is -2.56. The standard InChI is InChI=1S/C33H46N6O7/c1-6-44-32(43)39-19-17-38(18-20-39)31(42)25(14-15-28(40)46-33(2,3)4)35-30(41)26-21-27(45-24-13-10-16-37(5)22-24)36-29(34-26)23-11-8-7-9-12-23/h7-9,11-12,21,24-25H,6,10,13-20,22H2,1-5H3,(H,35,41). The van der Waals surface area contributed by atoms with E-state index < -0.39 is 29.6 Å². The van der Waals surface area contributed by atoms with Crippen molar-refractivity contribution in [1.29, 1.82) is 0 Å². The molecule has 0 saturated carbocycles. The fourth-order valence-corrected chi connectivity index (χ4v) is 5.39. The highest BCUT2D eigenvalue weighted by atomic mass is 16.6. The molecular formula is C33H46N6O7. The average Bonchev–Trinajstić information content (AvgIpc) is 3.02. The molecule has 0 aliphatic carbocycles. The Morgan fingerprint density at radius 1 is 1.00 bits per heavy atom.